The highest BCUT2D eigenvalue weighted by Gasteiger charge is 2.31. The molecule has 1 rings (SSSR count). The summed E-state index contributed by atoms with van der Waals surface area (Å²) in [4.78, 5) is 12.4. The Morgan fingerprint density at radius 3 is 2.08 bits per heavy atom. The van der Waals surface area contributed by atoms with Crippen LogP contribution in [0.15, 0.2) is 29.2 Å². The van der Waals surface area contributed by atoms with Crippen LogP contribution in [0.1, 0.15) is 52.0 Å². The van der Waals surface area contributed by atoms with Crippen molar-refractivity contribution in [2.45, 2.75) is 58.3 Å². The molecular weight excluding hydrogens is 344 g/mol. The lowest BCUT2D eigenvalue weighted by Gasteiger charge is -2.35. The Morgan fingerprint density at radius 1 is 1.00 bits per heavy atom. The molecular formula is C18H30O4S2. The minimum absolute atomic E-state index is 0.112. The van der Waals surface area contributed by atoms with Crippen LogP contribution in [0.2, 0.25) is 0 Å². The molecule has 1 aromatic carbocycles. The normalized spacial score (nSPS) is 13.0. The van der Waals surface area contributed by atoms with E-state index in [4.69, 9.17) is 3.63 Å². The number of rotatable bonds is 11. The van der Waals surface area contributed by atoms with Crippen LogP contribution in [-0.4, -0.2) is 31.5 Å². The van der Waals surface area contributed by atoms with Gasteiger partial charge in [0.05, 0.1) is 10.6 Å². The first kappa shape index (κ1) is 21.2. The maximum absolute atomic E-state index is 12.6. The number of ketones is 1. The monoisotopic (exact) mass is 374 g/mol. The van der Waals surface area contributed by atoms with E-state index in [9.17, 15) is 13.2 Å². The van der Waals surface area contributed by atoms with Crippen molar-refractivity contribution in [1.82, 2.24) is 0 Å². The zero-order valence-electron chi connectivity index (χ0n) is 15.2. The van der Waals surface area contributed by atoms with E-state index < -0.39 is 20.4 Å². The molecule has 138 valence electrons. The molecule has 0 heterocycles. The zero-order valence-corrected chi connectivity index (χ0v) is 16.8. The summed E-state index contributed by atoms with van der Waals surface area (Å²) in [5.74, 6) is 1.47. The Hall–Kier alpha value is -0.850. The van der Waals surface area contributed by atoms with Gasteiger partial charge in [-0.05, 0) is 37.0 Å². The molecule has 0 radical (unpaired) electrons. The Kier molecular flexibility index (Phi) is 8.46. The number of hydrogen-bond acceptors (Lipinski definition) is 4. The van der Waals surface area contributed by atoms with E-state index in [1.807, 2.05) is 20.8 Å². The number of hydrogen-bond donors (Lipinski definition) is 0. The van der Waals surface area contributed by atoms with E-state index in [1.165, 1.54) is 0 Å². The van der Waals surface area contributed by atoms with Gasteiger partial charge in [0.25, 0.3) is 0 Å². The van der Waals surface area contributed by atoms with Crippen LogP contribution in [0, 0.1) is 6.92 Å². The number of unbranched alkanes of at least 4 members (excludes halogenated alkanes) is 2. The van der Waals surface area contributed by atoms with Gasteiger partial charge in [-0.25, -0.2) is 3.63 Å². The SMILES string of the molecule is CCCCCC(=O)CS(CC)(CC)OS(=O)(=O)c1ccc(C)cc1. The molecule has 4 nitrogen and oxygen atoms in total. The Bertz CT molecular complexity index is 617. The van der Waals surface area contributed by atoms with Gasteiger partial charge >= 0.3 is 10.1 Å². The molecule has 0 aliphatic carbocycles. The van der Waals surface area contributed by atoms with Gasteiger partial charge < -0.3 is 0 Å². The van der Waals surface area contributed by atoms with Crippen LogP contribution in [-0.2, 0) is 18.5 Å². The number of aryl methyl sites for hydroxylation is 1. The highest BCUT2D eigenvalue weighted by molar-refractivity contribution is 8.33. The van der Waals surface area contributed by atoms with Crippen LogP contribution in [0.5, 0.6) is 0 Å². The van der Waals surface area contributed by atoms with Crippen molar-refractivity contribution < 1.29 is 16.8 Å². The van der Waals surface area contributed by atoms with Crippen LogP contribution in [0.4, 0.5) is 0 Å². The maximum Gasteiger partial charge on any atom is 0.306 e. The summed E-state index contributed by atoms with van der Waals surface area (Å²) in [6.07, 6.45) is 3.46. The molecule has 0 spiro atoms. The third-order valence-corrected chi connectivity index (χ3v) is 9.75. The second-order valence-corrected chi connectivity index (χ2v) is 11.3. The van der Waals surface area contributed by atoms with Crippen molar-refractivity contribution in [2.75, 3.05) is 17.3 Å². The standard InChI is InChI=1S/C18H30O4S2/c1-5-8-9-10-17(19)15-23(6-2,7-3)22-24(20,21)18-13-11-16(4)12-14-18/h11-14H,5-10,15H2,1-4H3. The van der Waals surface area contributed by atoms with Crippen LogP contribution in [0.3, 0.4) is 0 Å². The zero-order chi connectivity index (χ0) is 18.2. The van der Waals surface area contributed by atoms with E-state index in [2.05, 4.69) is 6.92 Å². The summed E-state index contributed by atoms with van der Waals surface area (Å²) in [6, 6.07) is 6.62. The van der Waals surface area contributed by atoms with Gasteiger partial charge in [0.15, 0.2) is 0 Å². The van der Waals surface area contributed by atoms with Gasteiger partial charge in [0.2, 0.25) is 0 Å². The van der Waals surface area contributed by atoms with Crippen molar-refractivity contribution >= 4 is 26.2 Å². The topological polar surface area (TPSA) is 60.4 Å². The number of carbonyl (C=O) groups excluding carboxylic acids is 1. The summed E-state index contributed by atoms with van der Waals surface area (Å²) < 4.78 is 30.9. The summed E-state index contributed by atoms with van der Waals surface area (Å²) in [6.45, 7) is 7.81. The predicted octanol–water partition coefficient (Wildman–Crippen LogP) is 4.61. The minimum Gasteiger partial charge on any atom is -0.299 e. The first-order valence-corrected chi connectivity index (χ1v) is 12.1. The van der Waals surface area contributed by atoms with Crippen molar-refractivity contribution in [3.05, 3.63) is 29.8 Å². The van der Waals surface area contributed by atoms with E-state index >= 15 is 0 Å². The summed E-state index contributed by atoms with van der Waals surface area (Å²) in [5.41, 5.74) is 0.990. The van der Waals surface area contributed by atoms with Gasteiger partial charge in [0, 0.05) is 6.42 Å². The molecule has 0 fully saturated rings. The Morgan fingerprint density at radius 2 is 1.58 bits per heavy atom. The smallest absolute Gasteiger partial charge is 0.299 e. The Balaban J connectivity index is 2.90. The number of benzene rings is 1. The third kappa shape index (κ3) is 6.22. The fourth-order valence-electron chi connectivity index (χ4n) is 2.40. The lowest BCUT2D eigenvalue weighted by molar-refractivity contribution is -0.116. The molecule has 0 bridgehead atoms. The van der Waals surface area contributed by atoms with Crippen molar-refractivity contribution in [3.8, 4) is 0 Å². The average molecular weight is 375 g/mol. The Labute approximate surface area is 148 Å². The number of Topliss-reactive ketones (excluding diaryl/α,β-unsaturated/α-hetero) is 1. The van der Waals surface area contributed by atoms with Gasteiger partial charge in [-0.1, -0.05) is 51.3 Å². The molecule has 0 atom stereocenters. The highest BCUT2D eigenvalue weighted by Crippen LogP contribution is 2.51. The van der Waals surface area contributed by atoms with Gasteiger partial charge in [0.1, 0.15) is 5.78 Å². The first-order chi connectivity index (χ1) is 11.3. The molecule has 0 aliphatic heterocycles. The average Bonchev–Trinajstić information content (AvgIpc) is 2.54. The molecule has 0 aliphatic rings. The summed E-state index contributed by atoms with van der Waals surface area (Å²) >= 11 is 0. The lowest BCUT2D eigenvalue weighted by atomic mass is 10.2. The molecule has 24 heavy (non-hydrogen) atoms. The second kappa shape index (κ2) is 9.59. The fraction of sp³-hybridized carbons (Fsp3) is 0.611. The quantitative estimate of drug-likeness (QED) is 0.531. The van der Waals surface area contributed by atoms with Crippen molar-refractivity contribution in [2.24, 2.45) is 0 Å². The molecule has 0 N–H and O–H groups in total. The van der Waals surface area contributed by atoms with Gasteiger partial charge in [-0.2, -0.15) is 8.42 Å². The lowest BCUT2D eigenvalue weighted by Crippen LogP contribution is -2.23. The second-order valence-electron chi connectivity index (χ2n) is 6.02. The van der Waals surface area contributed by atoms with Crippen molar-refractivity contribution in [1.29, 1.82) is 0 Å². The van der Waals surface area contributed by atoms with Gasteiger partial charge in [-0.3, -0.25) is 4.79 Å². The molecule has 1 aromatic rings. The number of carbonyl (C=O) groups is 1. The maximum atomic E-state index is 12.6. The van der Waals surface area contributed by atoms with Crippen LogP contribution >= 0.6 is 10.3 Å². The van der Waals surface area contributed by atoms with Crippen LogP contribution < -0.4 is 0 Å². The largest absolute Gasteiger partial charge is 0.306 e. The summed E-state index contributed by atoms with van der Waals surface area (Å²) in [5, 5.41) is 0. The highest BCUT2D eigenvalue weighted by atomic mass is 32.3. The van der Waals surface area contributed by atoms with Crippen LogP contribution in [0.25, 0.3) is 0 Å². The van der Waals surface area contributed by atoms with E-state index in [1.54, 1.807) is 24.3 Å². The molecule has 0 saturated carbocycles. The molecule has 0 saturated heterocycles. The minimum atomic E-state index is -3.84. The fourth-order valence-corrected chi connectivity index (χ4v) is 7.21. The van der Waals surface area contributed by atoms with Gasteiger partial charge in [-0.15, -0.1) is 10.3 Å². The van der Waals surface area contributed by atoms with E-state index in [0.717, 1.165) is 24.8 Å². The first-order valence-electron chi connectivity index (χ1n) is 8.59. The summed E-state index contributed by atoms with van der Waals surface area (Å²) in [7, 11) is -5.81. The third-order valence-electron chi connectivity index (χ3n) is 4.08. The molecule has 0 aromatic heterocycles. The molecule has 0 amide bonds. The van der Waals surface area contributed by atoms with Crippen molar-refractivity contribution in [3.63, 3.8) is 0 Å². The predicted molar refractivity (Wildman–Crippen MR) is 102 cm³/mol. The van der Waals surface area contributed by atoms with E-state index in [-0.39, 0.29) is 16.4 Å². The molecule has 0 unspecified atom stereocenters. The molecule has 6 heteroatoms. The van der Waals surface area contributed by atoms with E-state index in [0.29, 0.717) is 17.9 Å².